The third kappa shape index (κ3) is 1.75. The van der Waals surface area contributed by atoms with Gasteiger partial charge >= 0.3 is 0 Å². The summed E-state index contributed by atoms with van der Waals surface area (Å²) >= 11 is 0. The number of para-hydroxylation sites is 1. The number of hydrogen-bond acceptors (Lipinski definition) is 3. The molecule has 2 amide bonds. The molecule has 4 atom stereocenters. The van der Waals surface area contributed by atoms with Crippen LogP contribution in [0, 0.1) is 30.6 Å². The van der Waals surface area contributed by atoms with Crippen LogP contribution in [-0.4, -0.2) is 23.4 Å². The fourth-order valence-corrected chi connectivity index (χ4v) is 4.06. The highest BCUT2D eigenvalue weighted by molar-refractivity contribution is 6.06. The molecule has 0 spiro atoms. The molecule has 0 radical (unpaired) electrons. The number of hydrogen-bond donors (Lipinski definition) is 1. The molecule has 1 heterocycles. The summed E-state index contributed by atoms with van der Waals surface area (Å²) < 4.78 is 0. The summed E-state index contributed by atoms with van der Waals surface area (Å²) in [5.74, 6) is 0.350. The van der Waals surface area contributed by atoms with E-state index in [1.807, 2.05) is 31.2 Å². The molecule has 0 unspecified atom stereocenters. The maximum Gasteiger partial charge on any atom is 0.235 e. The molecule has 4 nitrogen and oxygen atoms in total. The summed E-state index contributed by atoms with van der Waals surface area (Å²) in [6.07, 6.45) is 5.22. The normalized spacial score (nSPS) is 32.9. The van der Waals surface area contributed by atoms with Crippen molar-refractivity contribution in [2.45, 2.75) is 13.3 Å². The summed E-state index contributed by atoms with van der Waals surface area (Å²) in [5.41, 5.74) is 2.08. The number of aryl methyl sites for hydroxylation is 1. The Bertz CT molecular complexity index is 622. The van der Waals surface area contributed by atoms with Gasteiger partial charge in [0, 0.05) is 5.69 Å². The van der Waals surface area contributed by atoms with E-state index in [1.54, 1.807) is 0 Å². The van der Waals surface area contributed by atoms with E-state index in [0.717, 1.165) is 17.7 Å². The van der Waals surface area contributed by atoms with Gasteiger partial charge in [-0.1, -0.05) is 30.4 Å². The number of imide groups is 1. The van der Waals surface area contributed by atoms with Crippen molar-refractivity contribution in [2.24, 2.45) is 23.7 Å². The summed E-state index contributed by atoms with van der Waals surface area (Å²) in [7, 11) is 0. The Morgan fingerprint density at radius 2 is 1.71 bits per heavy atom. The molecule has 1 saturated heterocycles. The number of likely N-dealkylation sites (tertiary alicyclic amines) is 1. The van der Waals surface area contributed by atoms with Crippen molar-refractivity contribution in [2.75, 3.05) is 12.0 Å². The van der Waals surface area contributed by atoms with Crippen LogP contribution in [0.15, 0.2) is 36.4 Å². The van der Waals surface area contributed by atoms with Crippen LogP contribution in [0.5, 0.6) is 0 Å². The summed E-state index contributed by atoms with van der Waals surface area (Å²) in [4.78, 5) is 26.5. The van der Waals surface area contributed by atoms with Crippen LogP contribution < -0.4 is 5.32 Å². The number of benzene rings is 1. The van der Waals surface area contributed by atoms with E-state index in [9.17, 15) is 9.59 Å². The smallest absolute Gasteiger partial charge is 0.235 e. The van der Waals surface area contributed by atoms with E-state index in [4.69, 9.17) is 0 Å². The van der Waals surface area contributed by atoms with Crippen molar-refractivity contribution >= 4 is 17.5 Å². The lowest BCUT2D eigenvalue weighted by molar-refractivity contribution is -0.140. The lowest BCUT2D eigenvalue weighted by Crippen LogP contribution is -2.37. The molecule has 21 heavy (non-hydrogen) atoms. The molecular formula is C17H18N2O2. The highest BCUT2D eigenvalue weighted by Gasteiger charge is 2.59. The van der Waals surface area contributed by atoms with Crippen LogP contribution in [-0.2, 0) is 9.59 Å². The summed E-state index contributed by atoms with van der Waals surface area (Å²) in [6.45, 7) is 2.28. The number of rotatable bonds is 3. The molecule has 0 aromatic heterocycles. The van der Waals surface area contributed by atoms with Gasteiger partial charge in [-0.25, -0.2) is 0 Å². The molecule has 2 bridgehead atoms. The predicted molar refractivity (Wildman–Crippen MR) is 79.2 cm³/mol. The second kappa shape index (κ2) is 4.45. The van der Waals surface area contributed by atoms with E-state index in [1.165, 1.54) is 4.90 Å². The van der Waals surface area contributed by atoms with Crippen LogP contribution >= 0.6 is 0 Å². The fourth-order valence-electron chi connectivity index (χ4n) is 4.06. The Labute approximate surface area is 123 Å². The molecule has 1 aromatic carbocycles. The molecule has 2 fully saturated rings. The number of carbonyl (C=O) groups excluding carboxylic acids is 2. The molecule has 4 heteroatoms. The van der Waals surface area contributed by atoms with Gasteiger partial charge in [0.25, 0.3) is 0 Å². The van der Waals surface area contributed by atoms with Crippen LogP contribution in [0.25, 0.3) is 0 Å². The SMILES string of the molecule is Cc1ccccc1NCN1C(=O)[C@H]2[C@H](C1=O)[C@H]1C=C[C@H]2C1. The van der Waals surface area contributed by atoms with Gasteiger partial charge in [-0.15, -0.1) is 0 Å². The van der Waals surface area contributed by atoms with Gasteiger partial charge in [0.05, 0.1) is 18.5 Å². The van der Waals surface area contributed by atoms with Crippen molar-refractivity contribution in [1.82, 2.24) is 4.90 Å². The lowest BCUT2D eigenvalue weighted by Gasteiger charge is -2.19. The second-order valence-electron chi connectivity index (χ2n) is 6.25. The Morgan fingerprint density at radius 1 is 1.10 bits per heavy atom. The number of carbonyl (C=O) groups is 2. The molecular weight excluding hydrogens is 264 g/mol. The number of amides is 2. The fraction of sp³-hybridized carbons (Fsp3) is 0.412. The molecule has 1 aliphatic heterocycles. The molecule has 3 aliphatic rings. The van der Waals surface area contributed by atoms with Gasteiger partial charge in [-0.2, -0.15) is 0 Å². The first kappa shape index (κ1) is 12.6. The summed E-state index contributed by atoms with van der Waals surface area (Å²) in [6, 6.07) is 7.89. The largest absolute Gasteiger partial charge is 0.367 e. The highest BCUT2D eigenvalue weighted by atomic mass is 16.2. The first-order chi connectivity index (χ1) is 10.2. The van der Waals surface area contributed by atoms with Crippen LogP contribution in [0.4, 0.5) is 5.69 Å². The van der Waals surface area contributed by atoms with Crippen molar-refractivity contribution in [3.05, 3.63) is 42.0 Å². The monoisotopic (exact) mass is 282 g/mol. The van der Waals surface area contributed by atoms with Crippen LogP contribution in [0.3, 0.4) is 0 Å². The zero-order chi connectivity index (χ0) is 14.6. The quantitative estimate of drug-likeness (QED) is 0.683. The minimum absolute atomic E-state index is 0.00272. The maximum absolute atomic E-state index is 12.5. The number of nitrogens with one attached hydrogen (secondary N) is 1. The molecule has 2 aliphatic carbocycles. The Kier molecular flexibility index (Phi) is 2.67. The van der Waals surface area contributed by atoms with Crippen molar-refractivity contribution in [3.63, 3.8) is 0 Å². The van der Waals surface area contributed by atoms with E-state index in [0.29, 0.717) is 0 Å². The van der Waals surface area contributed by atoms with Crippen molar-refractivity contribution in [1.29, 1.82) is 0 Å². The Morgan fingerprint density at radius 3 is 2.33 bits per heavy atom. The van der Waals surface area contributed by atoms with E-state index >= 15 is 0 Å². The standard InChI is InChI=1S/C17H18N2O2/c1-10-4-2-3-5-13(10)18-9-19-16(20)14-11-6-7-12(8-11)15(14)17(19)21/h2-7,11-12,14-15,18H,8-9H2,1H3/t11-,12-,14+,15+/m0/s1. The number of anilines is 1. The van der Waals surface area contributed by atoms with Gasteiger partial charge in [0.15, 0.2) is 0 Å². The van der Waals surface area contributed by atoms with Crippen molar-refractivity contribution in [3.8, 4) is 0 Å². The number of nitrogens with zero attached hydrogens (tertiary/aromatic N) is 1. The zero-order valence-corrected chi connectivity index (χ0v) is 12.0. The molecule has 1 N–H and O–H groups in total. The van der Waals surface area contributed by atoms with E-state index in [-0.39, 0.29) is 42.2 Å². The Balaban J connectivity index is 1.51. The molecule has 108 valence electrons. The average Bonchev–Trinajstić information content (AvgIpc) is 3.14. The maximum atomic E-state index is 12.5. The molecule has 1 aromatic rings. The zero-order valence-electron chi connectivity index (χ0n) is 12.0. The van der Waals surface area contributed by atoms with E-state index in [2.05, 4.69) is 17.5 Å². The first-order valence-electron chi connectivity index (χ1n) is 7.50. The highest BCUT2D eigenvalue weighted by Crippen LogP contribution is 2.52. The number of allylic oxidation sites excluding steroid dienone is 2. The average molecular weight is 282 g/mol. The van der Waals surface area contributed by atoms with Crippen LogP contribution in [0.1, 0.15) is 12.0 Å². The van der Waals surface area contributed by atoms with Gasteiger partial charge < -0.3 is 5.32 Å². The van der Waals surface area contributed by atoms with Gasteiger partial charge in [0.1, 0.15) is 0 Å². The van der Waals surface area contributed by atoms with E-state index < -0.39 is 0 Å². The summed E-state index contributed by atoms with van der Waals surface area (Å²) in [5, 5.41) is 3.22. The van der Waals surface area contributed by atoms with Gasteiger partial charge in [-0.3, -0.25) is 14.5 Å². The first-order valence-corrected chi connectivity index (χ1v) is 7.50. The topological polar surface area (TPSA) is 49.4 Å². The minimum Gasteiger partial charge on any atom is -0.367 e. The van der Waals surface area contributed by atoms with Crippen molar-refractivity contribution < 1.29 is 9.59 Å². The molecule has 1 saturated carbocycles. The predicted octanol–water partition coefficient (Wildman–Crippen LogP) is 2.17. The lowest BCUT2D eigenvalue weighted by atomic mass is 9.85. The molecule has 4 rings (SSSR count). The van der Waals surface area contributed by atoms with Crippen LogP contribution in [0.2, 0.25) is 0 Å². The third-order valence-electron chi connectivity index (χ3n) is 5.13. The minimum atomic E-state index is -0.105. The Hall–Kier alpha value is -2.10. The second-order valence-corrected chi connectivity index (χ2v) is 6.25. The number of fused-ring (bicyclic) bond motifs is 5. The van der Waals surface area contributed by atoms with Gasteiger partial charge in [0.2, 0.25) is 11.8 Å². The van der Waals surface area contributed by atoms with Gasteiger partial charge in [-0.05, 0) is 36.8 Å². The third-order valence-corrected chi connectivity index (χ3v) is 5.13.